The number of fused-ring (bicyclic) bond motifs is 1. The summed E-state index contributed by atoms with van der Waals surface area (Å²) in [5.74, 6) is 2.05. The number of benzene rings is 1. The van der Waals surface area contributed by atoms with Crippen molar-refractivity contribution in [1.82, 2.24) is 9.80 Å². The summed E-state index contributed by atoms with van der Waals surface area (Å²) in [7, 11) is 3.20. The minimum absolute atomic E-state index is 0.0959. The second kappa shape index (κ2) is 14.8. The van der Waals surface area contributed by atoms with Gasteiger partial charge in [0.15, 0.2) is 6.29 Å². The Morgan fingerprint density at radius 2 is 1.68 bits per heavy atom. The van der Waals surface area contributed by atoms with Gasteiger partial charge in [0.25, 0.3) is 0 Å². The van der Waals surface area contributed by atoms with E-state index in [4.69, 9.17) is 14.2 Å². The van der Waals surface area contributed by atoms with Crippen LogP contribution in [0.15, 0.2) is 24.3 Å². The lowest BCUT2D eigenvalue weighted by Crippen LogP contribution is -2.40. The van der Waals surface area contributed by atoms with Crippen molar-refractivity contribution in [3.63, 3.8) is 0 Å². The number of carbonyl (C=O) groups is 1. The maximum absolute atomic E-state index is 12.6. The Kier molecular flexibility index (Phi) is 11.8. The first-order chi connectivity index (χ1) is 16.6. The van der Waals surface area contributed by atoms with Crippen LogP contribution in [0.1, 0.15) is 56.6 Å². The van der Waals surface area contributed by atoms with Crippen LogP contribution < -0.4 is 0 Å². The maximum Gasteiger partial charge on any atom is 0.225 e. The van der Waals surface area contributed by atoms with Gasteiger partial charge in [-0.05, 0) is 55.1 Å². The minimum Gasteiger partial charge on any atom is -0.381 e. The fraction of sp³-hybridized carbons (Fsp3) is 0.750. The van der Waals surface area contributed by atoms with E-state index >= 15 is 0 Å². The quantitative estimate of drug-likeness (QED) is 0.266. The van der Waals surface area contributed by atoms with E-state index in [9.17, 15) is 4.79 Å². The summed E-state index contributed by atoms with van der Waals surface area (Å²) in [5.41, 5.74) is 2.71. The molecule has 0 unspecified atom stereocenters. The van der Waals surface area contributed by atoms with Crippen LogP contribution in [-0.4, -0.2) is 82.2 Å². The molecule has 1 heterocycles. The van der Waals surface area contributed by atoms with Crippen LogP contribution in [0, 0.1) is 11.8 Å². The second-order valence-electron chi connectivity index (χ2n) is 9.98. The van der Waals surface area contributed by atoms with Gasteiger partial charge in [-0.3, -0.25) is 4.79 Å². The molecular formula is C28H46N2O4. The zero-order chi connectivity index (χ0) is 24.2. The molecule has 0 spiro atoms. The average Bonchev–Trinajstić information content (AvgIpc) is 3.45. The zero-order valence-corrected chi connectivity index (χ0v) is 21.7. The van der Waals surface area contributed by atoms with Crippen molar-refractivity contribution in [2.24, 2.45) is 11.8 Å². The van der Waals surface area contributed by atoms with Gasteiger partial charge in [0, 0.05) is 40.4 Å². The number of amides is 1. The third-order valence-corrected chi connectivity index (χ3v) is 7.57. The SMILES string of the molecule is CCCCN(CC(OC)OC)C(=O)CCOCCc1ccc(CCN2C[C@H]3CCC[C@H]3C2)cc1. The molecule has 1 saturated carbocycles. The first kappa shape index (κ1) is 27.1. The van der Waals surface area contributed by atoms with E-state index in [1.165, 1.54) is 50.0 Å². The number of likely N-dealkylation sites (tertiary alicyclic amines) is 1. The highest BCUT2D eigenvalue weighted by Crippen LogP contribution is 2.37. The third kappa shape index (κ3) is 8.63. The first-order valence-corrected chi connectivity index (χ1v) is 13.3. The van der Waals surface area contributed by atoms with Crippen molar-refractivity contribution in [3.05, 3.63) is 35.4 Å². The Bertz CT molecular complexity index is 695. The molecular weight excluding hydrogens is 428 g/mol. The number of unbranched alkanes of at least 4 members (excludes halogenated alkanes) is 1. The minimum atomic E-state index is -0.389. The summed E-state index contributed by atoms with van der Waals surface area (Å²) in [6, 6.07) is 8.99. The van der Waals surface area contributed by atoms with E-state index in [-0.39, 0.29) is 12.2 Å². The van der Waals surface area contributed by atoms with E-state index in [0.29, 0.717) is 26.2 Å². The molecule has 34 heavy (non-hydrogen) atoms. The van der Waals surface area contributed by atoms with Crippen LogP contribution in [0.2, 0.25) is 0 Å². The highest BCUT2D eigenvalue weighted by atomic mass is 16.7. The fourth-order valence-electron chi connectivity index (χ4n) is 5.38. The fourth-order valence-corrected chi connectivity index (χ4v) is 5.38. The van der Waals surface area contributed by atoms with Gasteiger partial charge in [-0.15, -0.1) is 0 Å². The summed E-state index contributed by atoms with van der Waals surface area (Å²) in [4.78, 5) is 17.1. The Morgan fingerprint density at radius 3 is 2.29 bits per heavy atom. The number of ether oxygens (including phenoxy) is 3. The predicted octanol–water partition coefficient (Wildman–Crippen LogP) is 4.16. The number of hydrogen-bond acceptors (Lipinski definition) is 5. The largest absolute Gasteiger partial charge is 0.381 e. The van der Waals surface area contributed by atoms with Crippen molar-refractivity contribution < 1.29 is 19.0 Å². The first-order valence-electron chi connectivity index (χ1n) is 13.3. The van der Waals surface area contributed by atoms with E-state index in [1.54, 1.807) is 14.2 Å². The van der Waals surface area contributed by atoms with Crippen LogP contribution in [0.25, 0.3) is 0 Å². The molecule has 6 heteroatoms. The molecule has 1 aliphatic heterocycles. The molecule has 0 bridgehead atoms. The van der Waals surface area contributed by atoms with Crippen LogP contribution in [-0.2, 0) is 31.8 Å². The Balaban J connectivity index is 1.29. The topological polar surface area (TPSA) is 51.2 Å². The highest BCUT2D eigenvalue weighted by molar-refractivity contribution is 5.76. The van der Waals surface area contributed by atoms with Gasteiger partial charge in [0.05, 0.1) is 26.2 Å². The smallest absolute Gasteiger partial charge is 0.225 e. The lowest BCUT2D eigenvalue weighted by Gasteiger charge is -2.26. The van der Waals surface area contributed by atoms with E-state index < -0.39 is 0 Å². The molecule has 0 N–H and O–H groups in total. The summed E-state index contributed by atoms with van der Waals surface area (Å²) in [6.07, 6.45) is 8.38. The molecule has 192 valence electrons. The number of carbonyl (C=O) groups excluding carboxylic acids is 1. The molecule has 1 aliphatic carbocycles. The summed E-state index contributed by atoms with van der Waals surface area (Å²) in [6.45, 7) is 8.21. The number of rotatable bonds is 16. The summed E-state index contributed by atoms with van der Waals surface area (Å²) in [5, 5.41) is 0. The molecule has 1 aromatic carbocycles. The molecule has 2 fully saturated rings. The van der Waals surface area contributed by atoms with Gasteiger partial charge >= 0.3 is 0 Å². The van der Waals surface area contributed by atoms with Crippen molar-refractivity contribution in [1.29, 1.82) is 0 Å². The molecule has 3 rings (SSSR count). The highest BCUT2D eigenvalue weighted by Gasteiger charge is 2.35. The van der Waals surface area contributed by atoms with Crippen molar-refractivity contribution >= 4 is 5.91 Å². The van der Waals surface area contributed by atoms with Crippen LogP contribution in [0.5, 0.6) is 0 Å². The zero-order valence-electron chi connectivity index (χ0n) is 21.7. The molecule has 0 aromatic heterocycles. The normalized spacial score (nSPS) is 20.2. The van der Waals surface area contributed by atoms with E-state index in [1.807, 2.05) is 4.90 Å². The van der Waals surface area contributed by atoms with Gasteiger partial charge < -0.3 is 24.0 Å². The molecule has 1 aromatic rings. The molecule has 1 saturated heterocycles. The van der Waals surface area contributed by atoms with Gasteiger partial charge in [0.2, 0.25) is 5.91 Å². The van der Waals surface area contributed by atoms with Gasteiger partial charge in [-0.1, -0.05) is 44.0 Å². The molecule has 6 nitrogen and oxygen atoms in total. The molecule has 1 amide bonds. The van der Waals surface area contributed by atoms with Gasteiger partial charge in [-0.2, -0.15) is 0 Å². The van der Waals surface area contributed by atoms with Crippen molar-refractivity contribution in [2.75, 3.05) is 60.2 Å². The Labute approximate surface area is 206 Å². The third-order valence-electron chi connectivity index (χ3n) is 7.57. The number of nitrogens with zero attached hydrogens (tertiary/aromatic N) is 2. The predicted molar refractivity (Wildman–Crippen MR) is 136 cm³/mol. The van der Waals surface area contributed by atoms with Gasteiger partial charge in [0.1, 0.15) is 0 Å². The van der Waals surface area contributed by atoms with Crippen molar-refractivity contribution in [2.45, 2.75) is 64.6 Å². The maximum atomic E-state index is 12.6. The lowest BCUT2D eigenvalue weighted by atomic mass is 10.0. The number of methoxy groups -OCH3 is 2. The van der Waals surface area contributed by atoms with Crippen molar-refractivity contribution in [3.8, 4) is 0 Å². The second-order valence-corrected chi connectivity index (χ2v) is 9.98. The van der Waals surface area contributed by atoms with E-state index in [2.05, 4.69) is 36.1 Å². The Morgan fingerprint density at radius 1 is 1.03 bits per heavy atom. The summed E-state index contributed by atoms with van der Waals surface area (Å²) < 4.78 is 16.3. The number of hydrogen-bond donors (Lipinski definition) is 0. The monoisotopic (exact) mass is 474 g/mol. The lowest BCUT2D eigenvalue weighted by molar-refractivity contribution is -0.146. The van der Waals surface area contributed by atoms with E-state index in [0.717, 1.165) is 44.1 Å². The molecule has 2 atom stereocenters. The summed E-state index contributed by atoms with van der Waals surface area (Å²) >= 11 is 0. The Hall–Kier alpha value is -1.47. The van der Waals surface area contributed by atoms with Crippen LogP contribution in [0.4, 0.5) is 0 Å². The molecule has 2 aliphatic rings. The van der Waals surface area contributed by atoms with Crippen LogP contribution in [0.3, 0.4) is 0 Å². The molecule has 0 radical (unpaired) electrons. The standard InChI is InChI=1S/C28H46N2O4/c1-4-5-16-30(22-28(32-2)33-3)27(31)15-19-34-18-14-24-11-9-23(10-12-24)13-17-29-20-25-7-6-8-26(25)21-29/h9-12,25-26,28H,4-8,13-22H2,1-3H3/t25-,26+. The average molecular weight is 475 g/mol. The van der Waals surface area contributed by atoms with Gasteiger partial charge in [-0.25, -0.2) is 0 Å². The van der Waals surface area contributed by atoms with Crippen LogP contribution >= 0.6 is 0 Å².